The third-order valence-electron chi connectivity index (χ3n) is 4.97. The van der Waals surface area contributed by atoms with Crippen LogP contribution in [0.5, 0.6) is 0 Å². The summed E-state index contributed by atoms with van der Waals surface area (Å²) in [5.41, 5.74) is 4.45. The molecule has 24 heavy (non-hydrogen) atoms. The van der Waals surface area contributed by atoms with E-state index in [1.807, 2.05) is 6.92 Å². The smallest absolute Gasteiger partial charge is 0.241 e. The number of carbonyl (C=O) groups is 1. The normalized spacial score (nSPS) is 19.4. The van der Waals surface area contributed by atoms with Crippen molar-refractivity contribution < 1.29 is 4.79 Å². The number of anilines is 1. The Morgan fingerprint density at radius 3 is 2.62 bits per heavy atom. The van der Waals surface area contributed by atoms with Crippen molar-refractivity contribution in [1.82, 2.24) is 4.90 Å². The molecule has 3 nitrogen and oxygen atoms in total. The highest BCUT2D eigenvalue weighted by Gasteiger charge is 2.33. The van der Waals surface area contributed by atoms with Gasteiger partial charge in [0, 0.05) is 16.6 Å². The van der Waals surface area contributed by atoms with E-state index in [0.29, 0.717) is 6.04 Å². The predicted molar refractivity (Wildman–Crippen MR) is 102 cm³/mol. The van der Waals surface area contributed by atoms with Gasteiger partial charge in [-0.05, 0) is 69.7 Å². The van der Waals surface area contributed by atoms with E-state index in [9.17, 15) is 4.79 Å². The Kier molecular flexibility index (Phi) is 5.07. The Balaban J connectivity index is 1.75. The van der Waals surface area contributed by atoms with Crippen LogP contribution in [0.25, 0.3) is 0 Å². The van der Waals surface area contributed by atoms with Crippen molar-refractivity contribution in [3.05, 3.63) is 51.2 Å². The zero-order valence-electron chi connectivity index (χ0n) is 14.9. The topological polar surface area (TPSA) is 32.3 Å². The van der Waals surface area contributed by atoms with Crippen molar-refractivity contribution in [1.29, 1.82) is 0 Å². The summed E-state index contributed by atoms with van der Waals surface area (Å²) in [5.74, 6) is 0.0912. The zero-order valence-corrected chi connectivity index (χ0v) is 15.7. The molecule has 2 heterocycles. The summed E-state index contributed by atoms with van der Waals surface area (Å²) >= 11 is 1.79. The second kappa shape index (κ2) is 7.08. The van der Waals surface area contributed by atoms with Gasteiger partial charge in [0.2, 0.25) is 5.91 Å². The molecule has 0 radical (unpaired) electrons. The predicted octanol–water partition coefficient (Wildman–Crippen LogP) is 4.84. The highest BCUT2D eigenvalue weighted by atomic mass is 32.1. The SMILES string of the molecule is Cc1cc(C)c(NC(=O)[C@@H](C)N2CCC[C@@H]2c2cccs2)c(C)c1. The van der Waals surface area contributed by atoms with Crippen molar-refractivity contribution in [3.63, 3.8) is 0 Å². The largest absolute Gasteiger partial charge is 0.324 e. The molecule has 2 atom stereocenters. The van der Waals surface area contributed by atoms with Crippen LogP contribution < -0.4 is 5.32 Å². The second-order valence-corrected chi connectivity index (χ2v) is 7.83. The minimum atomic E-state index is -0.125. The van der Waals surface area contributed by atoms with Gasteiger partial charge in [0.15, 0.2) is 0 Å². The van der Waals surface area contributed by atoms with Gasteiger partial charge >= 0.3 is 0 Å². The van der Waals surface area contributed by atoms with E-state index in [4.69, 9.17) is 0 Å². The lowest BCUT2D eigenvalue weighted by Crippen LogP contribution is -2.41. The fraction of sp³-hybridized carbons (Fsp3) is 0.450. The molecule has 0 spiro atoms. The first-order valence-electron chi connectivity index (χ1n) is 8.65. The van der Waals surface area contributed by atoms with Crippen molar-refractivity contribution in [2.24, 2.45) is 0 Å². The number of carbonyl (C=O) groups excluding carboxylic acids is 1. The van der Waals surface area contributed by atoms with Crippen molar-refractivity contribution in [3.8, 4) is 0 Å². The highest BCUT2D eigenvalue weighted by molar-refractivity contribution is 7.10. The van der Waals surface area contributed by atoms with Crippen LogP contribution in [0, 0.1) is 20.8 Å². The van der Waals surface area contributed by atoms with Gasteiger partial charge in [0.1, 0.15) is 0 Å². The molecular weight excluding hydrogens is 316 g/mol. The molecule has 3 rings (SSSR count). The van der Waals surface area contributed by atoms with Crippen LogP contribution in [0.4, 0.5) is 5.69 Å². The van der Waals surface area contributed by atoms with Gasteiger partial charge in [0.25, 0.3) is 0 Å². The molecule has 0 bridgehead atoms. The van der Waals surface area contributed by atoms with Gasteiger partial charge in [-0.2, -0.15) is 0 Å². The van der Waals surface area contributed by atoms with Gasteiger partial charge < -0.3 is 5.32 Å². The molecule has 0 unspecified atom stereocenters. The molecule has 1 aliphatic rings. The fourth-order valence-electron chi connectivity index (χ4n) is 3.79. The monoisotopic (exact) mass is 342 g/mol. The molecule has 0 saturated carbocycles. The van der Waals surface area contributed by atoms with E-state index >= 15 is 0 Å². The first-order valence-corrected chi connectivity index (χ1v) is 9.53. The Morgan fingerprint density at radius 2 is 2.00 bits per heavy atom. The maximum Gasteiger partial charge on any atom is 0.241 e. The molecule has 4 heteroatoms. The maximum atomic E-state index is 12.9. The molecule has 1 amide bonds. The number of amides is 1. The van der Waals surface area contributed by atoms with E-state index in [1.165, 1.54) is 10.4 Å². The minimum Gasteiger partial charge on any atom is -0.324 e. The third kappa shape index (κ3) is 3.40. The Labute approximate surface area is 148 Å². The van der Waals surface area contributed by atoms with Crippen molar-refractivity contribution in [2.45, 2.75) is 52.6 Å². The van der Waals surface area contributed by atoms with E-state index < -0.39 is 0 Å². The quantitative estimate of drug-likeness (QED) is 0.862. The van der Waals surface area contributed by atoms with Crippen LogP contribution >= 0.6 is 11.3 Å². The van der Waals surface area contributed by atoms with Gasteiger partial charge in [-0.15, -0.1) is 11.3 Å². The summed E-state index contributed by atoms with van der Waals surface area (Å²) in [6.45, 7) is 9.22. The van der Waals surface area contributed by atoms with Gasteiger partial charge in [0.05, 0.1) is 6.04 Å². The Bertz CT molecular complexity index is 700. The van der Waals surface area contributed by atoms with Crippen LogP contribution in [0.1, 0.15) is 47.4 Å². The molecule has 1 aromatic heterocycles. The molecule has 0 aliphatic carbocycles. The first-order chi connectivity index (χ1) is 11.5. The van der Waals surface area contributed by atoms with Gasteiger partial charge in [-0.1, -0.05) is 23.8 Å². The molecule has 1 N–H and O–H groups in total. The number of nitrogens with one attached hydrogen (secondary N) is 1. The Morgan fingerprint density at radius 1 is 1.29 bits per heavy atom. The molecule has 1 fully saturated rings. The van der Waals surface area contributed by atoms with Gasteiger partial charge in [-0.3, -0.25) is 9.69 Å². The van der Waals surface area contributed by atoms with Gasteiger partial charge in [-0.25, -0.2) is 0 Å². The molecule has 1 aromatic carbocycles. The maximum absolute atomic E-state index is 12.9. The van der Waals surface area contributed by atoms with Crippen LogP contribution in [0.3, 0.4) is 0 Å². The van der Waals surface area contributed by atoms with E-state index in [0.717, 1.165) is 36.2 Å². The average Bonchev–Trinajstić information content (AvgIpc) is 3.19. The van der Waals surface area contributed by atoms with E-state index in [1.54, 1.807) is 11.3 Å². The first kappa shape index (κ1) is 17.2. The number of nitrogens with zero attached hydrogens (tertiary/aromatic N) is 1. The lowest BCUT2D eigenvalue weighted by atomic mass is 10.0. The molecule has 1 aliphatic heterocycles. The number of hydrogen-bond acceptors (Lipinski definition) is 3. The number of rotatable bonds is 4. The second-order valence-electron chi connectivity index (χ2n) is 6.85. The van der Waals surface area contributed by atoms with Crippen LogP contribution in [0.15, 0.2) is 29.6 Å². The molecule has 1 saturated heterocycles. The number of benzene rings is 1. The molecule has 2 aromatic rings. The molecular formula is C20H26N2OS. The number of thiophene rings is 1. The fourth-order valence-corrected chi connectivity index (χ4v) is 4.68. The van der Waals surface area contributed by atoms with Crippen molar-refractivity contribution >= 4 is 22.9 Å². The molecule has 128 valence electrons. The van der Waals surface area contributed by atoms with E-state index in [2.05, 4.69) is 60.6 Å². The van der Waals surface area contributed by atoms with Crippen LogP contribution in [-0.4, -0.2) is 23.4 Å². The lowest BCUT2D eigenvalue weighted by Gasteiger charge is -2.29. The highest BCUT2D eigenvalue weighted by Crippen LogP contribution is 2.36. The summed E-state index contributed by atoms with van der Waals surface area (Å²) in [6, 6.07) is 8.78. The standard InChI is InChI=1S/C20H26N2OS/c1-13-11-14(2)19(15(3)12-13)21-20(23)16(4)22-9-5-7-17(22)18-8-6-10-24-18/h6,8,10-12,16-17H,5,7,9H2,1-4H3,(H,21,23)/t16-,17-/m1/s1. The number of aryl methyl sites for hydroxylation is 3. The van der Waals surface area contributed by atoms with E-state index in [-0.39, 0.29) is 11.9 Å². The lowest BCUT2D eigenvalue weighted by molar-refractivity contribution is -0.121. The summed E-state index contributed by atoms with van der Waals surface area (Å²) in [5, 5.41) is 5.29. The zero-order chi connectivity index (χ0) is 17.3. The third-order valence-corrected chi connectivity index (χ3v) is 5.94. The summed E-state index contributed by atoms with van der Waals surface area (Å²) in [7, 11) is 0. The number of likely N-dealkylation sites (tertiary alicyclic amines) is 1. The summed E-state index contributed by atoms with van der Waals surface area (Å²) in [6.07, 6.45) is 2.30. The average molecular weight is 343 g/mol. The number of hydrogen-bond donors (Lipinski definition) is 1. The minimum absolute atomic E-state index is 0.0912. The van der Waals surface area contributed by atoms with Crippen LogP contribution in [0.2, 0.25) is 0 Å². The van der Waals surface area contributed by atoms with Crippen molar-refractivity contribution in [2.75, 3.05) is 11.9 Å². The summed E-state index contributed by atoms with van der Waals surface area (Å²) in [4.78, 5) is 16.6. The summed E-state index contributed by atoms with van der Waals surface area (Å²) < 4.78 is 0. The van der Waals surface area contributed by atoms with Crippen LogP contribution in [-0.2, 0) is 4.79 Å². The Hall–Kier alpha value is -1.65.